The summed E-state index contributed by atoms with van der Waals surface area (Å²) in [6.45, 7) is 2.12. The Balaban J connectivity index is 1.19. The van der Waals surface area contributed by atoms with Gasteiger partial charge in [-0.05, 0) is 42.3 Å². The molecule has 7 nitrogen and oxygen atoms in total. The lowest BCUT2D eigenvalue weighted by molar-refractivity contribution is -0.118. The van der Waals surface area contributed by atoms with Crippen LogP contribution < -0.4 is 5.32 Å². The summed E-state index contributed by atoms with van der Waals surface area (Å²) in [5.74, 6) is 1.15. The largest absolute Gasteiger partial charge is 0.376 e. The van der Waals surface area contributed by atoms with E-state index in [1.165, 1.54) is 22.7 Å². The van der Waals surface area contributed by atoms with Gasteiger partial charge in [0.2, 0.25) is 5.91 Å². The number of amides is 1. The summed E-state index contributed by atoms with van der Waals surface area (Å²) >= 11 is 3.07. The van der Waals surface area contributed by atoms with Crippen LogP contribution in [0.25, 0.3) is 21.6 Å². The van der Waals surface area contributed by atoms with Crippen molar-refractivity contribution in [1.29, 1.82) is 0 Å². The molecule has 1 amide bonds. The number of carbonyl (C=O) groups excluding carboxylic acids is 1. The molecule has 1 aliphatic rings. The number of carbonyl (C=O) groups is 1. The molecule has 32 heavy (non-hydrogen) atoms. The highest BCUT2D eigenvalue weighted by Crippen LogP contribution is 2.29. The molecule has 3 aromatic heterocycles. The number of fused-ring (bicyclic) bond motifs is 1. The van der Waals surface area contributed by atoms with Gasteiger partial charge in [0.1, 0.15) is 0 Å². The summed E-state index contributed by atoms with van der Waals surface area (Å²) in [5.41, 5.74) is 2.34. The minimum Gasteiger partial charge on any atom is -0.376 e. The van der Waals surface area contributed by atoms with Crippen LogP contribution in [0.2, 0.25) is 0 Å². The van der Waals surface area contributed by atoms with E-state index in [-0.39, 0.29) is 12.0 Å². The lowest BCUT2D eigenvalue weighted by atomic mass is 10.1. The molecule has 1 saturated heterocycles. The third-order valence-corrected chi connectivity index (χ3v) is 7.42. The fourth-order valence-electron chi connectivity index (χ4n) is 4.00. The number of aromatic nitrogens is 4. The van der Waals surface area contributed by atoms with Crippen LogP contribution in [0.3, 0.4) is 0 Å². The van der Waals surface area contributed by atoms with Crippen LogP contribution in [-0.2, 0) is 22.5 Å². The second-order valence-corrected chi connectivity index (χ2v) is 9.67. The summed E-state index contributed by atoms with van der Waals surface area (Å²) < 4.78 is 7.94. The molecule has 1 fully saturated rings. The molecular weight excluding hydrogens is 442 g/mol. The molecule has 1 unspecified atom stereocenters. The lowest BCUT2D eigenvalue weighted by Crippen LogP contribution is -2.27. The summed E-state index contributed by atoms with van der Waals surface area (Å²) in [6.07, 6.45) is 5.11. The topological polar surface area (TPSA) is 84.8 Å². The number of nitrogens with one attached hydrogen (secondary N) is 2. The van der Waals surface area contributed by atoms with E-state index in [1.54, 1.807) is 11.3 Å². The number of benzene rings is 1. The van der Waals surface area contributed by atoms with Crippen molar-refractivity contribution in [1.82, 2.24) is 25.1 Å². The maximum absolute atomic E-state index is 12.5. The summed E-state index contributed by atoms with van der Waals surface area (Å²) in [4.78, 5) is 16.8. The molecule has 9 heteroatoms. The fraction of sp³-hybridized carbons (Fsp3) is 0.348. The predicted molar refractivity (Wildman–Crippen MR) is 128 cm³/mol. The summed E-state index contributed by atoms with van der Waals surface area (Å²) in [5, 5.41) is 15.8. The monoisotopic (exact) mass is 467 g/mol. The van der Waals surface area contributed by atoms with Gasteiger partial charge in [-0.3, -0.25) is 9.36 Å². The van der Waals surface area contributed by atoms with Crippen molar-refractivity contribution in [3.8, 4) is 10.7 Å². The minimum absolute atomic E-state index is 0.000758. The van der Waals surface area contributed by atoms with Gasteiger partial charge in [-0.1, -0.05) is 36.0 Å². The third kappa shape index (κ3) is 4.74. The van der Waals surface area contributed by atoms with Crippen molar-refractivity contribution in [2.45, 2.75) is 37.1 Å². The number of hydrogen-bond acceptors (Lipinski definition) is 6. The Morgan fingerprint density at radius 2 is 2.22 bits per heavy atom. The molecule has 0 aliphatic carbocycles. The normalized spacial score (nSPS) is 16.1. The molecule has 1 aromatic carbocycles. The fourth-order valence-corrected chi connectivity index (χ4v) is 5.49. The highest BCUT2D eigenvalue weighted by atomic mass is 32.2. The maximum Gasteiger partial charge on any atom is 0.230 e. The van der Waals surface area contributed by atoms with Gasteiger partial charge in [-0.25, -0.2) is 0 Å². The van der Waals surface area contributed by atoms with Crippen molar-refractivity contribution in [2.75, 3.05) is 18.9 Å². The first-order valence-electron chi connectivity index (χ1n) is 10.8. The third-order valence-electron chi connectivity index (χ3n) is 5.59. The Morgan fingerprint density at radius 3 is 3.06 bits per heavy atom. The number of aromatic amines is 1. The standard InChI is InChI=1S/C23H25N5O2S2/c29-21(24-10-9-16-13-25-19-7-2-1-6-18(16)19)15-32-23-27-26-22(20-8-4-12-31-20)28(23)14-17-5-3-11-30-17/h1-2,4,6-8,12-13,17,25H,3,5,9-11,14-15H2,(H,24,29). The Hall–Kier alpha value is -2.62. The van der Waals surface area contributed by atoms with Crippen LogP contribution in [-0.4, -0.2) is 50.7 Å². The van der Waals surface area contributed by atoms with E-state index in [2.05, 4.69) is 37.2 Å². The second-order valence-electron chi connectivity index (χ2n) is 7.78. The molecule has 4 aromatic rings. The van der Waals surface area contributed by atoms with Crippen LogP contribution in [0.1, 0.15) is 18.4 Å². The SMILES string of the molecule is O=C(CSc1nnc(-c2cccs2)n1CC1CCCO1)NCCc1c[nH]c2ccccc12. The molecule has 0 bridgehead atoms. The lowest BCUT2D eigenvalue weighted by Gasteiger charge is -2.14. The highest BCUT2D eigenvalue weighted by Gasteiger charge is 2.22. The van der Waals surface area contributed by atoms with Crippen molar-refractivity contribution in [3.63, 3.8) is 0 Å². The van der Waals surface area contributed by atoms with Crippen LogP contribution in [0.5, 0.6) is 0 Å². The van der Waals surface area contributed by atoms with Crippen LogP contribution in [0.4, 0.5) is 0 Å². The Labute approximate surface area is 194 Å². The minimum atomic E-state index is -0.000758. The van der Waals surface area contributed by atoms with Gasteiger partial charge in [0.25, 0.3) is 0 Å². The quantitative estimate of drug-likeness (QED) is 0.362. The van der Waals surface area contributed by atoms with Gasteiger partial charge in [0.05, 0.1) is 23.3 Å². The van der Waals surface area contributed by atoms with Crippen LogP contribution in [0.15, 0.2) is 53.1 Å². The molecule has 4 heterocycles. The number of thioether (sulfide) groups is 1. The van der Waals surface area contributed by atoms with Gasteiger partial charge in [0, 0.05) is 30.3 Å². The van der Waals surface area contributed by atoms with Gasteiger partial charge >= 0.3 is 0 Å². The number of para-hydroxylation sites is 1. The van der Waals surface area contributed by atoms with E-state index in [9.17, 15) is 4.79 Å². The van der Waals surface area contributed by atoms with Crippen LogP contribution in [0, 0.1) is 0 Å². The first-order valence-corrected chi connectivity index (χ1v) is 12.7. The number of H-pyrrole nitrogens is 1. The van der Waals surface area contributed by atoms with Gasteiger partial charge in [-0.2, -0.15) is 0 Å². The zero-order valence-corrected chi connectivity index (χ0v) is 19.3. The molecule has 2 N–H and O–H groups in total. The average Bonchev–Trinajstić information content (AvgIpc) is 3.60. The van der Waals surface area contributed by atoms with Gasteiger partial charge < -0.3 is 15.0 Å². The first kappa shape index (κ1) is 21.2. The molecule has 1 aliphatic heterocycles. The molecule has 0 spiro atoms. The molecule has 0 radical (unpaired) electrons. The maximum atomic E-state index is 12.5. The zero-order chi connectivity index (χ0) is 21.8. The van der Waals surface area contributed by atoms with Crippen LogP contribution >= 0.6 is 23.1 Å². The number of hydrogen-bond donors (Lipinski definition) is 2. The van der Waals surface area contributed by atoms with Crippen molar-refractivity contribution >= 4 is 39.9 Å². The number of ether oxygens (including phenoxy) is 1. The molecule has 0 saturated carbocycles. The van der Waals surface area contributed by atoms with Gasteiger partial charge in [-0.15, -0.1) is 21.5 Å². The Kier molecular flexibility index (Phi) is 6.56. The van der Waals surface area contributed by atoms with E-state index < -0.39 is 0 Å². The molecule has 166 valence electrons. The average molecular weight is 468 g/mol. The molecule has 1 atom stereocenters. The number of thiophene rings is 1. The van der Waals surface area contributed by atoms with E-state index in [0.717, 1.165) is 47.2 Å². The summed E-state index contributed by atoms with van der Waals surface area (Å²) in [7, 11) is 0. The Bertz CT molecular complexity index is 1180. The second kappa shape index (κ2) is 9.89. The van der Waals surface area contributed by atoms with Crippen molar-refractivity contribution < 1.29 is 9.53 Å². The first-order chi connectivity index (χ1) is 15.8. The Morgan fingerprint density at radius 1 is 1.28 bits per heavy atom. The van der Waals surface area contributed by atoms with E-state index in [1.807, 2.05) is 35.8 Å². The number of nitrogens with zero attached hydrogens (tertiary/aromatic N) is 3. The van der Waals surface area contributed by atoms with Crippen molar-refractivity contribution in [3.05, 3.63) is 53.5 Å². The number of rotatable bonds is 9. The predicted octanol–water partition coefficient (Wildman–Crippen LogP) is 4.12. The molecular formula is C23H25N5O2S2. The summed E-state index contributed by atoms with van der Waals surface area (Å²) in [6, 6.07) is 12.3. The van der Waals surface area contributed by atoms with Gasteiger partial charge in [0.15, 0.2) is 11.0 Å². The smallest absolute Gasteiger partial charge is 0.230 e. The van der Waals surface area contributed by atoms with E-state index in [0.29, 0.717) is 18.8 Å². The molecule has 5 rings (SSSR count). The van der Waals surface area contributed by atoms with E-state index in [4.69, 9.17) is 4.74 Å². The zero-order valence-electron chi connectivity index (χ0n) is 17.6. The highest BCUT2D eigenvalue weighted by molar-refractivity contribution is 7.99. The van der Waals surface area contributed by atoms with Crippen molar-refractivity contribution in [2.24, 2.45) is 0 Å². The van der Waals surface area contributed by atoms with E-state index >= 15 is 0 Å².